The Morgan fingerprint density at radius 1 is 1.06 bits per heavy atom. The Bertz CT molecular complexity index is 478. The van der Waals surface area contributed by atoms with E-state index < -0.39 is 45.8 Å². The number of halogens is 3. The summed E-state index contributed by atoms with van der Waals surface area (Å²) in [5.41, 5.74) is -2.91. The fraction of sp³-hybridized carbons (Fsp3) is 0.286. The van der Waals surface area contributed by atoms with Crippen molar-refractivity contribution in [2.75, 3.05) is 0 Å². The van der Waals surface area contributed by atoms with E-state index in [-0.39, 0.29) is 0 Å². The number of hydrogen-bond acceptors (Lipinski definition) is 5. The Morgan fingerprint density at radius 2 is 1.56 bits per heavy atom. The van der Waals surface area contributed by atoms with Gasteiger partial charge in [-0.05, 0) is 0 Å². The number of nitrogens with zero attached hydrogens (tertiary/aromatic N) is 1. The molecule has 0 aliphatic carbocycles. The number of alkyl halides is 3. The van der Waals surface area contributed by atoms with Gasteiger partial charge in [0.15, 0.2) is 5.75 Å². The van der Waals surface area contributed by atoms with Crippen LogP contribution in [0.15, 0.2) is 4.79 Å². The molecular weight excluding hydrogens is 235 g/mol. The maximum absolute atomic E-state index is 12.0. The van der Waals surface area contributed by atoms with Crippen molar-refractivity contribution in [3.05, 3.63) is 16.0 Å². The van der Waals surface area contributed by atoms with Crippen LogP contribution in [0.4, 0.5) is 13.2 Å². The molecule has 0 aliphatic rings. The topological polar surface area (TPSA) is 103 Å². The zero-order valence-corrected chi connectivity index (χ0v) is 7.49. The van der Waals surface area contributed by atoms with Gasteiger partial charge in [0.25, 0.3) is 0 Å². The Balaban J connectivity index is 3.47. The summed E-state index contributed by atoms with van der Waals surface area (Å²) in [7, 11) is 0. The highest BCUT2D eigenvalue weighted by Crippen LogP contribution is 2.36. The van der Waals surface area contributed by atoms with E-state index in [0.717, 1.165) is 0 Å². The fourth-order valence-electron chi connectivity index (χ4n) is 1.02. The minimum Gasteiger partial charge on any atom is -0.503 e. The summed E-state index contributed by atoms with van der Waals surface area (Å²) in [5.74, 6) is -4.25. The lowest BCUT2D eigenvalue weighted by atomic mass is 10.2. The van der Waals surface area contributed by atoms with Crippen LogP contribution >= 0.6 is 0 Å². The van der Waals surface area contributed by atoms with Crippen molar-refractivity contribution < 1.29 is 33.7 Å². The van der Waals surface area contributed by atoms with Crippen LogP contribution in [-0.2, 0) is 6.42 Å². The molecule has 0 saturated carbocycles. The maximum Gasteiger partial charge on any atom is 0.394 e. The number of aromatic nitrogens is 1. The lowest BCUT2D eigenvalue weighted by Gasteiger charge is -2.12. The second kappa shape index (κ2) is 3.51. The number of aromatic hydroxyl groups is 3. The minimum atomic E-state index is -4.81. The third-order valence-electron chi connectivity index (χ3n) is 1.74. The van der Waals surface area contributed by atoms with Crippen LogP contribution in [-0.4, -0.2) is 31.4 Å². The van der Waals surface area contributed by atoms with E-state index >= 15 is 0 Å². The first kappa shape index (κ1) is 12.0. The molecule has 0 spiro atoms. The van der Waals surface area contributed by atoms with Crippen molar-refractivity contribution in [3.63, 3.8) is 0 Å². The van der Waals surface area contributed by atoms with E-state index in [0.29, 0.717) is 0 Å². The van der Waals surface area contributed by atoms with E-state index in [4.69, 9.17) is 20.5 Å². The molecule has 1 aromatic heterocycles. The summed E-state index contributed by atoms with van der Waals surface area (Å²) in [6.07, 6.45) is -6.64. The molecule has 0 radical (unpaired) electrons. The number of pyridine rings is 1. The zero-order valence-electron chi connectivity index (χ0n) is 7.49. The van der Waals surface area contributed by atoms with E-state index in [1.807, 2.05) is 0 Å². The fourth-order valence-corrected chi connectivity index (χ4v) is 1.02. The van der Waals surface area contributed by atoms with Crippen LogP contribution in [0.2, 0.25) is 0 Å². The number of hydrogen-bond donors (Lipinski definition) is 4. The minimum absolute atomic E-state index is 0.572. The first-order valence-electron chi connectivity index (χ1n) is 3.80. The molecule has 0 fully saturated rings. The number of rotatable bonds is 1. The summed E-state index contributed by atoms with van der Waals surface area (Å²) >= 11 is 0. The second-order valence-corrected chi connectivity index (χ2v) is 2.90. The predicted octanol–water partition coefficient (Wildman–Crippen LogP) is 0.307. The zero-order chi connectivity index (χ0) is 12.7. The maximum atomic E-state index is 12.0. The van der Waals surface area contributed by atoms with Gasteiger partial charge in [-0.3, -0.25) is 4.79 Å². The molecule has 0 aromatic carbocycles. The Labute approximate surface area is 85.4 Å². The molecule has 90 valence electrons. The van der Waals surface area contributed by atoms with Gasteiger partial charge in [0.05, 0.1) is 6.42 Å². The van der Waals surface area contributed by atoms with Gasteiger partial charge in [-0.25, -0.2) is 0 Å². The third kappa shape index (κ3) is 1.97. The molecule has 4 N–H and O–H groups in total. The first-order valence-corrected chi connectivity index (χ1v) is 3.80. The van der Waals surface area contributed by atoms with Crippen LogP contribution < -0.4 is 5.56 Å². The van der Waals surface area contributed by atoms with E-state index in [1.165, 1.54) is 0 Å². The molecular formula is C7H6F3NO5. The molecule has 0 saturated heterocycles. The summed E-state index contributed by atoms with van der Waals surface area (Å²) in [6.45, 7) is 0. The van der Waals surface area contributed by atoms with Crippen LogP contribution in [0.5, 0.6) is 17.2 Å². The van der Waals surface area contributed by atoms with Crippen molar-refractivity contribution >= 4 is 0 Å². The van der Waals surface area contributed by atoms with Gasteiger partial charge in [-0.2, -0.15) is 13.2 Å². The standard InChI is InChI=1S/C7H6F3NO5/c8-7(9,10)1-2-3(12)4(13)5(14)6(15)11(2)16/h12-14,16H,1H2. The molecule has 6 nitrogen and oxygen atoms in total. The monoisotopic (exact) mass is 241 g/mol. The molecule has 16 heavy (non-hydrogen) atoms. The third-order valence-corrected chi connectivity index (χ3v) is 1.74. The molecule has 0 bridgehead atoms. The van der Waals surface area contributed by atoms with Crippen molar-refractivity contribution in [2.45, 2.75) is 12.6 Å². The van der Waals surface area contributed by atoms with E-state index in [9.17, 15) is 18.0 Å². The lowest BCUT2D eigenvalue weighted by Crippen LogP contribution is -2.25. The Kier molecular flexibility index (Phi) is 2.63. The highest BCUT2D eigenvalue weighted by Gasteiger charge is 2.33. The van der Waals surface area contributed by atoms with Gasteiger partial charge in [0.2, 0.25) is 11.5 Å². The molecule has 0 unspecified atom stereocenters. The molecule has 9 heteroatoms. The largest absolute Gasteiger partial charge is 0.503 e. The van der Waals surface area contributed by atoms with E-state index in [2.05, 4.69) is 0 Å². The molecule has 0 atom stereocenters. The molecule has 1 rings (SSSR count). The van der Waals surface area contributed by atoms with Crippen molar-refractivity contribution in [1.82, 2.24) is 4.73 Å². The highest BCUT2D eigenvalue weighted by atomic mass is 19.4. The normalized spacial score (nSPS) is 11.7. The Hall–Kier alpha value is -2.06. The molecule has 1 aromatic rings. The van der Waals surface area contributed by atoms with Gasteiger partial charge in [-0.15, -0.1) is 4.73 Å². The average Bonchev–Trinajstić information content (AvgIpc) is 2.17. The SMILES string of the molecule is O=c1c(O)c(O)c(O)c(CC(F)(F)F)n1O. The Morgan fingerprint density at radius 3 is 2.00 bits per heavy atom. The van der Waals surface area contributed by atoms with Crippen molar-refractivity contribution in [1.29, 1.82) is 0 Å². The average molecular weight is 241 g/mol. The van der Waals surface area contributed by atoms with Gasteiger partial charge in [0.1, 0.15) is 5.69 Å². The van der Waals surface area contributed by atoms with Gasteiger partial charge in [0, 0.05) is 0 Å². The smallest absolute Gasteiger partial charge is 0.394 e. The predicted molar refractivity (Wildman–Crippen MR) is 42.6 cm³/mol. The lowest BCUT2D eigenvalue weighted by molar-refractivity contribution is -0.130. The quantitative estimate of drug-likeness (QED) is 0.530. The van der Waals surface area contributed by atoms with Crippen molar-refractivity contribution in [3.8, 4) is 17.2 Å². The summed E-state index contributed by atoms with van der Waals surface area (Å²) in [5, 5.41) is 35.6. The van der Waals surface area contributed by atoms with Crippen LogP contribution in [0, 0.1) is 0 Å². The van der Waals surface area contributed by atoms with Crippen molar-refractivity contribution in [2.24, 2.45) is 0 Å². The summed E-state index contributed by atoms with van der Waals surface area (Å²) in [4.78, 5) is 10.9. The molecule has 0 aliphatic heterocycles. The first-order chi connectivity index (χ1) is 7.15. The molecule has 0 amide bonds. The van der Waals surface area contributed by atoms with Crippen LogP contribution in [0.25, 0.3) is 0 Å². The van der Waals surface area contributed by atoms with Crippen LogP contribution in [0.3, 0.4) is 0 Å². The van der Waals surface area contributed by atoms with Gasteiger partial charge >= 0.3 is 11.7 Å². The van der Waals surface area contributed by atoms with Gasteiger partial charge in [-0.1, -0.05) is 0 Å². The molecule has 1 heterocycles. The summed E-state index contributed by atoms with van der Waals surface area (Å²) in [6, 6.07) is 0. The highest BCUT2D eigenvalue weighted by molar-refractivity contribution is 5.49. The summed E-state index contributed by atoms with van der Waals surface area (Å²) < 4.78 is 35.4. The second-order valence-electron chi connectivity index (χ2n) is 2.90. The van der Waals surface area contributed by atoms with Crippen LogP contribution in [0.1, 0.15) is 5.69 Å². The van der Waals surface area contributed by atoms with E-state index in [1.54, 1.807) is 0 Å². The van der Waals surface area contributed by atoms with Gasteiger partial charge < -0.3 is 20.5 Å².